The predicted molar refractivity (Wildman–Crippen MR) is 127 cm³/mol. The molecule has 0 aromatic heterocycles. The highest BCUT2D eigenvalue weighted by Gasteiger charge is 2.12. The lowest BCUT2D eigenvalue weighted by molar-refractivity contribution is -0.139. The van der Waals surface area contributed by atoms with E-state index >= 15 is 0 Å². The summed E-state index contributed by atoms with van der Waals surface area (Å²) in [5.74, 6) is -1.10. The van der Waals surface area contributed by atoms with Gasteiger partial charge >= 0.3 is 11.8 Å². The topological polar surface area (TPSA) is 118 Å². The number of hydrogen-bond donors (Lipinski definition) is 3. The number of ether oxygens (including phenoxy) is 2. The zero-order chi connectivity index (χ0) is 24.2. The summed E-state index contributed by atoms with van der Waals surface area (Å²) in [6.45, 7) is 6.15. The summed E-state index contributed by atoms with van der Waals surface area (Å²) in [6, 6.07) is 10.6. The summed E-state index contributed by atoms with van der Waals surface area (Å²) in [5.41, 5.74) is 5.60. The highest BCUT2D eigenvalue weighted by molar-refractivity contribution is 6.35. The number of benzene rings is 2. The summed E-state index contributed by atoms with van der Waals surface area (Å²) in [5, 5.41) is 9.13. The van der Waals surface area contributed by atoms with Crippen LogP contribution in [0.1, 0.15) is 36.5 Å². The zero-order valence-electron chi connectivity index (χ0n) is 19.4. The molecule has 0 aliphatic rings. The van der Waals surface area contributed by atoms with Crippen LogP contribution in [0.3, 0.4) is 0 Å². The van der Waals surface area contributed by atoms with Gasteiger partial charge in [-0.15, -0.1) is 0 Å². The number of unbranched alkanes of at least 4 members (excludes halogenated alkanes) is 1. The molecular formula is C24H30N4O5. The second-order valence-corrected chi connectivity index (χ2v) is 7.30. The van der Waals surface area contributed by atoms with Crippen LogP contribution in [0.4, 0.5) is 5.69 Å². The third-order valence-electron chi connectivity index (χ3n) is 4.83. The predicted octanol–water partition coefficient (Wildman–Crippen LogP) is 2.70. The summed E-state index contributed by atoms with van der Waals surface area (Å²) in [7, 11) is 1.47. The van der Waals surface area contributed by atoms with Crippen molar-refractivity contribution in [1.29, 1.82) is 0 Å². The number of aryl methyl sites for hydroxylation is 1. The van der Waals surface area contributed by atoms with Crippen molar-refractivity contribution in [2.45, 2.75) is 33.6 Å². The van der Waals surface area contributed by atoms with Crippen molar-refractivity contribution in [3.8, 4) is 11.5 Å². The summed E-state index contributed by atoms with van der Waals surface area (Å²) >= 11 is 0. The molecule has 0 atom stereocenters. The van der Waals surface area contributed by atoms with Gasteiger partial charge < -0.3 is 20.1 Å². The Morgan fingerprint density at radius 1 is 1.06 bits per heavy atom. The Morgan fingerprint density at radius 2 is 1.85 bits per heavy atom. The molecular weight excluding hydrogens is 424 g/mol. The molecule has 2 aromatic carbocycles. The molecule has 0 aliphatic carbocycles. The van der Waals surface area contributed by atoms with Crippen LogP contribution < -0.4 is 25.5 Å². The largest absolute Gasteiger partial charge is 0.493 e. The van der Waals surface area contributed by atoms with Gasteiger partial charge in [0.1, 0.15) is 0 Å². The molecule has 0 aliphatic heterocycles. The molecule has 9 heteroatoms. The molecule has 9 nitrogen and oxygen atoms in total. The number of anilines is 1. The van der Waals surface area contributed by atoms with Gasteiger partial charge in [0.05, 0.1) is 13.3 Å². The maximum Gasteiger partial charge on any atom is 0.329 e. The lowest BCUT2D eigenvalue weighted by Gasteiger charge is -2.13. The Kier molecular flexibility index (Phi) is 9.88. The van der Waals surface area contributed by atoms with Crippen LogP contribution in [0.25, 0.3) is 0 Å². The van der Waals surface area contributed by atoms with Gasteiger partial charge in [-0.3, -0.25) is 14.4 Å². The highest BCUT2D eigenvalue weighted by atomic mass is 16.5. The molecule has 3 N–H and O–H groups in total. The Labute approximate surface area is 193 Å². The molecule has 176 valence electrons. The Hall–Kier alpha value is -3.88. The maximum atomic E-state index is 12.3. The SMILES string of the molecule is CCCCNC(=O)C(=O)N/N=C\c1ccc(OCC(=O)Nc2cccc(C)c2C)c(OC)c1. The average molecular weight is 455 g/mol. The van der Waals surface area contributed by atoms with Gasteiger partial charge in [-0.25, -0.2) is 5.43 Å². The zero-order valence-corrected chi connectivity index (χ0v) is 19.4. The van der Waals surface area contributed by atoms with Gasteiger partial charge in [-0.05, 0) is 61.2 Å². The number of hydrazone groups is 1. The molecule has 0 bridgehead atoms. The fourth-order valence-corrected chi connectivity index (χ4v) is 2.78. The molecule has 0 unspecified atom stereocenters. The fourth-order valence-electron chi connectivity index (χ4n) is 2.78. The van der Waals surface area contributed by atoms with E-state index in [0.717, 1.165) is 29.7 Å². The minimum absolute atomic E-state index is 0.194. The van der Waals surface area contributed by atoms with E-state index in [1.54, 1.807) is 18.2 Å². The van der Waals surface area contributed by atoms with Crippen molar-refractivity contribution in [2.24, 2.45) is 5.10 Å². The van der Waals surface area contributed by atoms with E-state index in [1.807, 2.05) is 39.0 Å². The van der Waals surface area contributed by atoms with E-state index < -0.39 is 11.8 Å². The van der Waals surface area contributed by atoms with Crippen LogP contribution in [-0.2, 0) is 14.4 Å². The Morgan fingerprint density at radius 3 is 2.58 bits per heavy atom. The van der Waals surface area contributed by atoms with Crippen molar-refractivity contribution >= 4 is 29.6 Å². The van der Waals surface area contributed by atoms with Crippen LogP contribution in [0.2, 0.25) is 0 Å². The molecule has 0 saturated heterocycles. The standard InChI is InChI=1S/C24H30N4O5/c1-5-6-12-25-23(30)24(31)28-26-14-18-10-11-20(21(13-18)32-4)33-15-22(29)27-19-9-7-8-16(2)17(19)3/h7-11,13-14H,5-6,12,15H2,1-4H3,(H,25,30)(H,27,29)(H,28,31)/b26-14-. The van der Waals surface area contributed by atoms with E-state index in [9.17, 15) is 14.4 Å². The summed E-state index contributed by atoms with van der Waals surface area (Å²) in [6.07, 6.45) is 3.08. The van der Waals surface area contributed by atoms with Crippen LogP contribution in [0.15, 0.2) is 41.5 Å². The second-order valence-electron chi connectivity index (χ2n) is 7.30. The highest BCUT2D eigenvalue weighted by Crippen LogP contribution is 2.27. The first-order valence-corrected chi connectivity index (χ1v) is 10.6. The molecule has 33 heavy (non-hydrogen) atoms. The third kappa shape index (κ3) is 7.95. The maximum absolute atomic E-state index is 12.3. The first-order chi connectivity index (χ1) is 15.8. The molecule has 2 aromatic rings. The number of nitrogens with one attached hydrogen (secondary N) is 3. The average Bonchev–Trinajstić information content (AvgIpc) is 2.81. The van der Waals surface area contributed by atoms with Crippen LogP contribution in [-0.4, -0.2) is 44.2 Å². The van der Waals surface area contributed by atoms with Crippen molar-refractivity contribution in [3.05, 3.63) is 53.1 Å². The first-order valence-electron chi connectivity index (χ1n) is 10.6. The van der Waals surface area contributed by atoms with Crippen LogP contribution in [0, 0.1) is 13.8 Å². The summed E-state index contributed by atoms with van der Waals surface area (Å²) in [4.78, 5) is 35.6. The Balaban J connectivity index is 1.91. The molecule has 0 saturated carbocycles. The number of rotatable bonds is 10. The van der Waals surface area contributed by atoms with Gasteiger partial charge in [0.2, 0.25) is 0 Å². The first kappa shape index (κ1) is 25.4. The van der Waals surface area contributed by atoms with Gasteiger partial charge in [-0.2, -0.15) is 5.10 Å². The van der Waals surface area contributed by atoms with Gasteiger partial charge in [0, 0.05) is 12.2 Å². The number of nitrogens with zero attached hydrogens (tertiary/aromatic N) is 1. The third-order valence-corrected chi connectivity index (χ3v) is 4.83. The van der Waals surface area contributed by atoms with E-state index in [1.165, 1.54) is 13.3 Å². The van der Waals surface area contributed by atoms with Crippen molar-refractivity contribution in [1.82, 2.24) is 10.7 Å². The van der Waals surface area contributed by atoms with Crippen LogP contribution in [0.5, 0.6) is 11.5 Å². The van der Waals surface area contributed by atoms with Crippen LogP contribution >= 0.6 is 0 Å². The molecule has 3 amide bonds. The molecule has 0 spiro atoms. The number of carbonyl (C=O) groups is 3. The van der Waals surface area contributed by atoms with Gasteiger partial charge in [0.15, 0.2) is 18.1 Å². The lowest BCUT2D eigenvalue weighted by atomic mass is 10.1. The van der Waals surface area contributed by atoms with E-state index in [4.69, 9.17) is 9.47 Å². The number of hydrogen-bond acceptors (Lipinski definition) is 6. The minimum atomic E-state index is -0.843. The number of amides is 3. The lowest BCUT2D eigenvalue weighted by Crippen LogP contribution is -2.38. The van der Waals surface area contributed by atoms with E-state index in [2.05, 4.69) is 21.2 Å². The monoisotopic (exact) mass is 454 g/mol. The van der Waals surface area contributed by atoms with Gasteiger partial charge in [0.25, 0.3) is 5.91 Å². The van der Waals surface area contributed by atoms with Crippen molar-refractivity contribution in [2.75, 3.05) is 25.6 Å². The van der Waals surface area contributed by atoms with E-state index in [-0.39, 0.29) is 12.5 Å². The smallest absolute Gasteiger partial charge is 0.329 e. The van der Waals surface area contributed by atoms with Crippen molar-refractivity contribution in [3.63, 3.8) is 0 Å². The minimum Gasteiger partial charge on any atom is -0.493 e. The summed E-state index contributed by atoms with van der Waals surface area (Å²) < 4.78 is 10.9. The van der Waals surface area contributed by atoms with Crippen molar-refractivity contribution < 1.29 is 23.9 Å². The number of methoxy groups -OCH3 is 1. The van der Waals surface area contributed by atoms with Gasteiger partial charge in [-0.1, -0.05) is 25.5 Å². The Bertz CT molecular complexity index is 1020. The van der Waals surface area contributed by atoms with E-state index in [0.29, 0.717) is 23.6 Å². The second kappa shape index (κ2) is 12.8. The molecule has 0 radical (unpaired) electrons. The molecule has 2 rings (SSSR count). The fraction of sp³-hybridized carbons (Fsp3) is 0.333. The molecule has 0 heterocycles. The molecule has 0 fully saturated rings. The quantitative estimate of drug-likeness (QED) is 0.221. The number of carbonyl (C=O) groups excluding carboxylic acids is 3. The normalized spacial score (nSPS) is 10.5.